The standard InChI is InChI=1S/C18H23N3O4S/c1-11-6-5-7-13(11)20-17(23)21-14-9-8-12(10-19)16(15(14)22)26(24,25)18(2,3)4/h6,8-9,13,22H,5,7H2,1-4H3,(H2,20,21,23)/t13-/m1/s1. The number of anilines is 1. The molecule has 1 atom stereocenters. The fraction of sp³-hybridized carbons (Fsp3) is 0.444. The molecule has 0 saturated carbocycles. The average molecular weight is 377 g/mol. The fourth-order valence-electron chi connectivity index (χ4n) is 2.69. The quantitative estimate of drug-likeness (QED) is 0.552. The number of allylic oxidation sites excluding steroid dienone is 1. The van der Waals surface area contributed by atoms with Crippen LogP contribution in [0.5, 0.6) is 5.75 Å². The van der Waals surface area contributed by atoms with E-state index in [0.29, 0.717) is 0 Å². The van der Waals surface area contributed by atoms with Gasteiger partial charge in [0.05, 0.1) is 22.0 Å². The number of carbonyl (C=O) groups is 1. The number of hydrogen-bond donors (Lipinski definition) is 3. The third-order valence-electron chi connectivity index (χ3n) is 4.35. The number of carbonyl (C=O) groups excluding carboxylic acids is 1. The van der Waals surface area contributed by atoms with Crippen LogP contribution in [0.4, 0.5) is 10.5 Å². The van der Waals surface area contributed by atoms with Gasteiger partial charge in [-0.25, -0.2) is 13.2 Å². The predicted octanol–water partition coefficient (Wildman–Crippen LogP) is 3.07. The number of urea groups is 1. The highest BCUT2D eigenvalue weighted by atomic mass is 32.2. The molecule has 0 radical (unpaired) electrons. The topological polar surface area (TPSA) is 119 Å². The molecular formula is C18H23N3O4S. The van der Waals surface area contributed by atoms with Crippen molar-refractivity contribution in [2.45, 2.75) is 56.2 Å². The molecular weight excluding hydrogens is 354 g/mol. The van der Waals surface area contributed by atoms with Crippen molar-refractivity contribution in [1.82, 2.24) is 5.32 Å². The van der Waals surface area contributed by atoms with Crippen LogP contribution in [0.25, 0.3) is 0 Å². The van der Waals surface area contributed by atoms with E-state index in [-0.39, 0.29) is 17.3 Å². The van der Waals surface area contributed by atoms with Crippen LogP contribution in [0, 0.1) is 11.3 Å². The first kappa shape index (κ1) is 19.8. The maximum Gasteiger partial charge on any atom is 0.319 e. The van der Waals surface area contributed by atoms with Gasteiger partial charge < -0.3 is 15.7 Å². The molecule has 2 amide bonds. The van der Waals surface area contributed by atoms with Crippen LogP contribution in [-0.2, 0) is 9.84 Å². The van der Waals surface area contributed by atoms with Gasteiger partial charge in [-0.1, -0.05) is 11.6 Å². The Morgan fingerprint density at radius 2 is 2.00 bits per heavy atom. The molecule has 26 heavy (non-hydrogen) atoms. The number of benzene rings is 1. The Hall–Kier alpha value is -2.53. The molecule has 7 nitrogen and oxygen atoms in total. The Morgan fingerprint density at radius 3 is 2.50 bits per heavy atom. The summed E-state index contributed by atoms with van der Waals surface area (Å²) in [6.45, 7) is 6.35. The SMILES string of the molecule is CC1=CCC[C@H]1NC(=O)Nc1ccc(C#N)c(S(=O)(=O)C(C)(C)C)c1O. The molecule has 1 aliphatic carbocycles. The highest BCUT2D eigenvalue weighted by molar-refractivity contribution is 7.93. The average Bonchev–Trinajstić information content (AvgIpc) is 2.92. The van der Waals surface area contributed by atoms with Gasteiger partial charge in [0.25, 0.3) is 0 Å². The Bertz CT molecular complexity index is 906. The highest BCUT2D eigenvalue weighted by Gasteiger charge is 2.36. The van der Waals surface area contributed by atoms with Crippen molar-refractivity contribution in [3.63, 3.8) is 0 Å². The Balaban J connectivity index is 2.37. The lowest BCUT2D eigenvalue weighted by Gasteiger charge is -2.22. The van der Waals surface area contributed by atoms with Crippen LogP contribution in [0.1, 0.15) is 46.1 Å². The van der Waals surface area contributed by atoms with Gasteiger partial charge in [-0.3, -0.25) is 0 Å². The summed E-state index contributed by atoms with van der Waals surface area (Å²) in [6.07, 6.45) is 3.72. The molecule has 1 aromatic rings. The van der Waals surface area contributed by atoms with E-state index in [0.717, 1.165) is 18.4 Å². The van der Waals surface area contributed by atoms with Crippen molar-refractivity contribution in [3.05, 3.63) is 29.3 Å². The summed E-state index contributed by atoms with van der Waals surface area (Å²) in [7, 11) is -3.99. The van der Waals surface area contributed by atoms with Crippen LogP contribution in [0.3, 0.4) is 0 Å². The molecule has 1 aliphatic rings. The minimum absolute atomic E-state index is 0.0658. The molecule has 0 heterocycles. The van der Waals surface area contributed by atoms with Crippen LogP contribution < -0.4 is 10.6 Å². The van der Waals surface area contributed by atoms with Crippen LogP contribution in [0.15, 0.2) is 28.7 Å². The van der Waals surface area contributed by atoms with Crippen molar-refractivity contribution in [2.24, 2.45) is 0 Å². The molecule has 1 aromatic carbocycles. The van der Waals surface area contributed by atoms with Crippen LogP contribution in [-0.4, -0.2) is 30.3 Å². The second kappa shape index (κ2) is 7.00. The van der Waals surface area contributed by atoms with E-state index >= 15 is 0 Å². The van der Waals surface area contributed by atoms with Crippen molar-refractivity contribution in [1.29, 1.82) is 5.26 Å². The third-order valence-corrected chi connectivity index (χ3v) is 6.91. The van der Waals surface area contributed by atoms with Crippen molar-refractivity contribution >= 4 is 21.6 Å². The predicted molar refractivity (Wildman–Crippen MR) is 98.7 cm³/mol. The van der Waals surface area contributed by atoms with E-state index in [1.165, 1.54) is 32.9 Å². The zero-order chi connectivity index (χ0) is 19.7. The van der Waals surface area contributed by atoms with E-state index in [4.69, 9.17) is 0 Å². The van der Waals surface area contributed by atoms with Crippen molar-refractivity contribution in [2.75, 3.05) is 5.32 Å². The summed E-state index contributed by atoms with van der Waals surface area (Å²) in [5, 5.41) is 25.0. The number of sulfone groups is 1. The molecule has 0 aliphatic heterocycles. The molecule has 2 rings (SSSR count). The minimum Gasteiger partial charge on any atom is -0.504 e. The summed E-state index contributed by atoms with van der Waals surface area (Å²) >= 11 is 0. The van der Waals surface area contributed by atoms with Gasteiger partial charge in [0.2, 0.25) is 0 Å². The Kier molecular flexibility index (Phi) is 5.33. The molecule has 0 saturated heterocycles. The van der Waals surface area contributed by atoms with Gasteiger partial charge in [-0.15, -0.1) is 0 Å². The number of nitriles is 1. The minimum atomic E-state index is -3.99. The maximum absolute atomic E-state index is 12.8. The lowest BCUT2D eigenvalue weighted by atomic mass is 10.1. The number of phenols is 1. The van der Waals surface area contributed by atoms with Crippen molar-refractivity contribution in [3.8, 4) is 11.8 Å². The van der Waals surface area contributed by atoms with Crippen molar-refractivity contribution < 1.29 is 18.3 Å². The van der Waals surface area contributed by atoms with E-state index in [9.17, 15) is 23.6 Å². The number of aromatic hydroxyl groups is 1. The Labute approximate surface area is 153 Å². The van der Waals surface area contributed by atoms with Gasteiger partial charge in [0.1, 0.15) is 11.0 Å². The monoisotopic (exact) mass is 377 g/mol. The lowest BCUT2D eigenvalue weighted by molar-refractivity contribution is 0.249. The van der Waals surface area contributed by atoms with E-state index < -0.39 is 31.3 Å². The molecule has 0 fully saturated rings. The fourth-order valence-corrected chi connectivity index (χ4v) is 4.07. The summed E-state index contributed by atoms with van der Waals surface area (Å²) in [5.41, 5.74) is 0.821. The number of rotatable bonds is 3. The van der Waals surface area contributed by atoms with Crippen LogP contribution >= 0.6 is 0 Å². The number of amides is 2. The molecule has 3 N–H and O–H groups in total. The molecule has 0 aromatic heterocycles. The third kappa shape index (κ3) is 3.68. The van der Waals surface area contributed by atoms with Crippen LogP contribution in [0.2, 0.25) is 0 Å². The summed E-state index contributed by atoms with van der Waals surface area (Å²) in [6, 6.07) is 3.73. The number of nitrogens with one attached hydrogen (secondary N) is 2. The summed E-state index contributed by atoms with van der Waals surface area (Å²) in [4.78, 5) is 11.7. The maximum atomic E-state index is 12.8. The first-order valence-electron chi connectivity index (χ1n) is 8.24. The zero-order valence-corrected chi connectivity index (χ0v) is 16.1. The zero-order valence-electron chi connectivity index (χ0n) is 15.3. The van der Waals surface area contributed by atoms with E-state index in [2.05, 4.69) is 10.6 Å². The van der Waals surface area contributed by atoms with Gasteiger partial charge >= 0.3 is 6.03 Å². The summed E-state index contributed by atoms with van der Waals surface area (Å²) in [5.74, 6) is -0.632. The van der Waals surface area contributed by atoms with Gasteiger partial charge in [0.15, 0.2) is 15.6 Å². The molecule has 8 heteroatoms. The first-order chi connectivity index (χ1) is 12.0. The van der Waals surface area contributed by atoms with Gasteiger partial charge in [0, 0.05) is 0 Å². The molecule has 0 bridgehead atoms. The Morgan fingerprint density at radius 1 is 1.35 bits per heavy atom. The molecule has 140 valence electrons. The second-order valence-corrected chi connectivity index (χ2v) is 9.88. The molecule has 0 unspecified atom stereocenters. The summed E-state index contributed by atoms with van der Waals surface area (Å²) < 4.78 is 24.3. The second-order valence-electron chi connectivity index (χ2n) is 7.24. The van der Waals surface area contributed by atoms with Gasteiger partial charge in [-0.05, 0) is 52.7 Å². The normalized spacial score (nSPS) is 17.3. The molecule has 0 spiro atoms. The lowest BCUT2D eigenvalue weighted by Crippen LogP contribution is -2.37. The largest absolute Gasteiger partial charge is 0.504 e. The smallest absolute Gasteiger partial charge is 0.319 e. The number of phenolic OH excluding ortho intramolecular Hbond substituents is 1. The highest BCUT2D eigenvalue weighted by Crippen LogP contribution is 2.38. The van der Waals surface area contributed by atoms with E-state index in [1.807, 2.05) is 13.0 Å². The number of hydrogen-bond acceptors (Lipinski definition) is 5. The number of nitrogens with zero attached hydrogens (tertiary/aromatic N) is 1. The van der Waals surface area contributed by atoms with Gasteiger partial charge in [-0.2, -0.15) is 5.26 Å². The van der Waals surface area contributed by atoms with E-state index in [1.54, 1.807) is 6.07 Å². The first-order valence-corrected chi connectivity index (χ1v) is 9.72.